The summed E-state index contributed by atoms with van der Waals surface area (Å²) in [4.78, 5) is 2.46. The van der Waals surface area contributed by atoms with Crippen molar-refractivity contribution in [3.63, 3.8) is 0 Å². The van der Waals surface area contributed by atoms with Crippen molar-refractivity contribution >= 4 is 0 Å². The number of ether oxygens (including phenoxy) is 3. The summed E-state index contributed by atoms with van der Waals surface area (Å²) in [6.45, 7) is 10.9. The summed E-state index contributed by atoms with van der Waals surface area (Å²) in [7, 11) is 1.71. The molecule has 0 amide bonds. The first-order valence-electron chi connectivity index (χ1n) is 10.6. The van der Waals surface area contributed by atoms with Crippen LogP contribution < -0.4 is 9.47 Å². The van der Waals surface area contributed by atoms with Gasteiger partial charge in [0, 0.05) is 24.5 Å². The van der Waals surface area contributed by atoms with Crippen LogP contribution in [-0.2, 0) is 11.2 Å². The highest BCUT2D eigenvalue weighted by atomic mass is 16.5. The van der Waals surface area contributed by atoms with Crippen LogP contribution in [0.15, 0.2) is 12.1 Å². The largest absolute Gasteiger partial charge is 0.493 e. The van der Waals surface area contributed by atoms with Crippen molar-refractivity contribution in [2.45, 2.75) is 77.2 Å². The van der Waals surface area contributed by atoms with Gasteiger partial charge in [0.15, 0.2) is 11.5 Å². The van der Waals surface area contributed by atoms with Crippen molar-refractivity contribution in [1.29, 1.82) is 0 Å². The Morgan fingerprint density at radius 1 is 1.21 bits per heavy atom. The molecule has 1 aromatic rings. The van der Waals surface area contributed by atoms with Crippen LogP contribution in [0.1, 0.15) is 64.1 Å². The van der Waals surface area contributed by atoms with Gasteiger partial charge in [0.25, 0.3) is 0 Å². The summed E-state index contributed by atoms with van der Waals surface area (Å²) in [6.07, 6.45) is 3.57. The maximum atomic E-state index is 10.8. The van der Waals surface area contributed by atoms with Gasteiger partial charge in [-0.1, -0.05) is 6.92 Å². The molecule has 5 heteroatoms. The number of fused-ring (bicyclic) bond motifs is 3. The first-order chi connectivity index (χ1) is 13.2. The van der Waals surface area contributed by atoms with Gasteiger partial charge in [0.2, 0.25) is 0 Å². The van der Waals surface area contributed by atoms with E-state index < -0.39 is 6.10 Å². The highest BCUT2D eigenvalue weighted by Gasteiger charge is 2.41. The van der Waals surface area contributed by atoms with Crippen molar-refractivity contribution in [1.82, 2.24) is 4.90 Å². The van der Waals surface area contributed by atoms with E-state index in [1.807, 2.05) is 20.8 Å². The maximum Gasteiger partial charge on any atom is 0.161 e. The fraction of sp³-hybridized carbons (Fsp3) is 0.739. The third-order valence-corrected chi connectivity index (χ3v) is 6.39. The minimum Gasteiger partial charge on any atom is -0.493 e. The lowest BCUT2D eigenvalue weighted by molar-refractivity contribution is -0.149. The summed E-state index contributed by atoms with van der Waals surface area (Å²) in [6, 6.07) is 4.51. The molecular weight excluding hydrogens is 354 g/mol. The van der Waals surface area contributed by atoms with Crippen LogP contribution in [0.3, 0.4) is 0 Å². The van der Waals surface area contributed by atoms with Gasteiger partial charge in [-0.05, 0) is 69.7 Å². The van der Waals surface area contributed by atoms with Crippen LogP contribution in [0.2, 0.25) is 0 Å². The topological polar surface area (TPSA) is 51.2 Å². The fourth-order valence-electron chi connectivity index (χ4n) is 4.44. The molecule has 1 aromatic carbocycles. The van der Waals surface area contributed by atoms with E-state index in [4.69, 9.17) is 14.2 Å². The number of aliphatic hydroxyl groups excluding tert-OH is 1. The Bertz CT molecular complexity index is 722. The molecule has 1 saturated carbocycles. The van der Waals surface area contributed by atoms with Crippen LogP contribution in [0.25, 0.3) is 0 Å². The Kier molecular flexibility index (Phi) is 5.13. The average molecular weight is 390 g/mol. The van der Waals surface area contributed by atoms with E-state index >= 15 is 0 Å². The Balaban J connectivity index is 1.54. The SMILES string of the molecule is COc1cc2c(cc1OCC1(C)CC1)CCN1C[C@@H](OC(C)(C)C)[C@H](O)C[C@H]21. The van der Waals surface area contributed by atoms with E-state index in [2.05, 4.69) is 24.0 Å². The minimum atomic E-state index is -0.455. The molecule has 156 valence electrons. The number of hydrogen-bond donors (Lipinski definition) is 1. The van der Waals surface area contributed by atoms with Crippen LogP contribution in [0, 0.1) is 5.41 Å². The van der Waals surface area contributed by atoms with Gasteiger partial charge in [-0.2, -0.15) is 0 Å². The van der Waals surface area contributed by atoms with Gasteiger partial charge < -0.3 is 19.3 Å². The zero-order valence-corrected chi connectivity index (χ0v) is 18.0. The second-order valence-corrected chi connectivity index (χ2v) is 10.1. The molecule has 0 aromatic heterocycles. The molecule has 1 N–H and O–H groups in total. The van der Waals surface area contributed by atoms with E-state index in [0.29, 0.717) is 11.8 Å². The van der Waals surface area contributed by atoms with Crippen molar-refractivity contribution < 1.29 is 19.3 Å². The van der Waals surface area contributed by atoms with E-state index in [-0.39, 0.29) is 17.7 Å². The number of rotatable bonds is 5. The van der Waals surface area contributed by atoms with E-state index in [1.165, 1.54) is 24.0 Å². The summed E-state index contributed by atoms with van der Waals surface area (Å²) >= 11 is 0. The number of nitrogens with zero attached hydrogens (tertiary/aromatic N) is 1. The number of aliphatic hydroxyl groups is 1. The van der Waals surface area contributed by atoms with Crippen LogP contribution in [0.5, 0.6) is 11.5 Å². The Hall–Kier alpha value is -1.30. The van der Waals surface area contributed by atoms with Crippen LogP contribution in [-0.4, -0.2) is 54.6 Å². The molecule has 1 saturated heterocycles. The standard InChI is InChI=1S/C23H35NO4/c1-22(2,3)28-21-13-24-9-6-15-10-20(27-14-23(4)7-8-23)19(26-5)11-16(15)17(24)12-18(21)25/h10-11,17-18,21,25H,6-9,12-14H2,1-5H3/t17-,18-,21-/m1/s1. The lowest BCUT2D eigenvalue weighted by atomic mass is 9.84. The molecule has 5 nitrogen and oxygen atoms in total. The average Bonchev–Trinajstić information content (AvgIpc) is 3.36. The van der Waals surface area contributed by atoms with E-state index in [1.54, 1.807) is 7.11 Å². The minimum absolute atomic E-state index is 0.137. The van der Waals surface area contributed by atoms with Gasteiger partial charge in [-0.15, -0.1) is 0 Å². The Labute approximate surface area is 169 Å². The molecule has 0 radical (unpaired) electrons. The fourth-order valence-corrected chi connectivity index (χ4v) is 4.44. The van der Waals surface area contributed by atoms with Gasteiger partial charge in [-0.3, -0.25) is 4.90 Å². The third-order valence-electron chi connectivity index (χ3n) is 6.39. The monoisotopic (exact) mass is 389 g/mol. The van der Waals surface area contributed by atoms with Crippen molar-refractivity contribution in [2.24, 2.45) is 5.41 Å². The summed E-state index contributed by atoms with van der Waals surface area (Å²) in [5, 5.41) is 10.8. The van der Waals surface area contributed by atoms with Crippen LogP contribution in [0.4, 0.5) is 0 Å². The van der Waals surface area contributed by atoms with Crippen LogP contribution >= 0.6 is 0 Å². The molecule has 1 aliphatic carbocycles. The lowest BCUT2D eigenvalue weighted by Gasteiger charge is -2.46. The summed E-state index contributed by atoms with van der Waals surface area (Å²) in [5.41, 5.74) is 2.68. The third kappa shape index (κ3) is 4.17. The number of hydrogen-bond acceptors (Lipinski definition) is 5. The highest BCUT2D eigenvalue weighted by Crippen LogP contribution is 2.47. The zero-order valence-electron chi connectivity index (χ0n) is 18.0. The second kappa shape index (κ2) is 7.19. The highest BCUT2D eigenvalue weighted by molar-refractivity contribution is 5.49. The Morgan fingerprint density at radius 2 is 1.96 bits per heavy atom. The molecule has 28 heavy (non-hydrogen) atoms. The van der Waals surface area contributed by atoms with Gasteiger partial charge >= 0.3 is 0 Å². The Morgan fingerprint density at radius 3 is 2.61 bits per heavy atom. The maximum absolute atomic E-state index is 10.8. The number of piperidine rings is 1. The first kappa shape index (κ1) is 20.0. The summed E-state index contributed by atoms with van der Waals surface area (Å²) < 4.78 is 17.9. The molecule has 3 atom stereocenters. The zero-order chi connectivity index (χ0) is 20.1. The smallest absolute Gasteiger partial charge is 0.161 e. The number of methoxy groups -OCH3 is 1. The van der Waals surface area contributed by atoms with Crippen molar-refractivity contribution in [3.05, 3.63) is 23.3 Å². The predicted octanol–water partition coefficient (Wildman–Crippen LogP) is 3.72. The first-order valence-corrected chi connectivity index (χ1v) is 10.6. The second-order valence-electron chi connectivity index (χ2n) is 10.1. The van der Waals surface area contributed by atoms with Gasteiger partial charge in [0.05, 0.1) is 31.5 Å². The molecular formula is C23H35NO4. The van der Waals surface area contributed by atoms with E-state index in [0.717, 1.165) is 37.6 Å². The summed E-state index contributed by atoms with van der Waals surface area (Å²) in [5.74, 6) is 1.65. The van der Waals surface area contributed by atoms with E-state index in [9.17, 15) is 5.11 Å². The molecule has 0 bridgehead atoms. The number of benzene rings is 1. The molecule has 2 aliphatic heterocycles. The van der Waals surface area contributed by atoms with Gasteiger partial charge in [-0.25, -0.2) is 0 Å². The lowest BCUT2D eigenvalue weighted by Crippen LogP contribution is -2.53. The quantitative estimate of drug-likeness (QED) is 0.832. The normalized spacial score (nSPS) is 29.0. The van der Waals surface area contributed by atoms with Crippen molar-refractivity contribution in [3.8, 4) is 11.5 Å². The molecule has 2 fully saturated rings. The van der Waals surface area contributed by atoms with Gasteiger partial charge in [0.1, 0.15) is 0 Å². The molecule has 3 aliphatic rings. The molecule has 4 rings (SSSR count). The molecule has 0 spiro atoms. The predicted molar refractivity (Wildman–Crippen MR) is 109 cm³/mol. The van der Waals surface area contributed by atoms with Crippen molar-refractivity contribution in [2.75, 3.05) is 26.8 Å². The molecule has 2 heterocycles. The molecule has 0 unspecified atom stereocenters.